The number of fused-ring (bicyclic) bond motifs is 2. The van der Waals surface area contributed by atoms with Gasteiger partial charge < -0.3 is 0 Å². The van der Waals surface area contributed by atoms with Crippen LogP contribution < -0.4 is 0 Å². The van der Waals surface area contributed by atoms with Gasteiger partial charge in [-0.05, 0) is 98.7 Å². The molecule has 0 N–H and O–H groups in total. The number of halogens is 2. The van der Waals surface area contributed by atoms with Crippen LogP contribution in [0.1, 0.15) is 49.3 Å². The quantitative estimate of drug-likeness (QED) is 0.505. The van der Waals surface area contributed by atoms with Crippen molar-refractivity contribution in [1.82, 2.24) is 4.90 Å². The average molecular weight is 412 g/mol. The lowest BCUT2D eigenvalue weighted by atomic mass is 9.84. The highest BCUT2D eigenvalue weighted by molar-refractivity contribution is 6.31. The third kappa shape index (κ3) is 3.81. The summed E-state index contributed by atoms with van der Waals surface area (Å²) in [5.41, 5.74) is 8.27. The number of benzene rings is 2. The van der Waals surface area contributed by atoms with E-state index in [0.29, 0.717) is 12.1 Å². The van der Waals surface area contributed by atoms with Crippen LogP contribution in [0.2, 0.25) is 10.0 Å². The van der Waals surface area contributed by atoms with Crippen LogP contribution in [-0.4, -0.2) is 24.0 Å². The van der Waals surface area contributed by atoms with Crippen molar-refractivity contribution in [2.75, 3.05) is 7.05 Å². The zero-order valence-corrected chi connectivity index (χ0v) is 18.3. The van der Waals surface area contributed by atoms with E-state index in [-0.39, 0.29) is 0 Å². The summed E-state index contributed by atoms with van der Waals surface area (Å²) in [7, 11) is 2.29. The van der Waals surface area contributed by atoms with Crippen LogP contribution in [0.4, 0.5) is 0 Å². The van der Waals surface area contributed by atoms with Gasteiger partial charge in [-0.1, -0.05) is 53.1 Å². The van der Waals surface area contributed by atoms with Crippen molar-refractivity contribution in [3.05, 3.63) is 80.8 Å². The van der Waals surface area contributed by atoms with Crippen molar-refractivity contribution in [3.63, 3.8) is 0 Å². The molecule has 2 aliphatic rings. The molecule has 0 spiro atoms. The van der Waals surface area contributed by atoms with Crippen LogP contribution in [0.15, 0.2) is 54.1 Å². The number of allylic oxidation sites excluding steroid dienone is 2. The number of rotatable bonds is 4. The molecule has 0 aliphatic carbocycles. The van der Waals surface area contributed by atoms with E-state index in [9.17, 15) is 0 Å². The molecule has 2 aromatic rings. The van der Waals surface area contributed by atoms with Crippen molar-refractivity contribution < 1.29 is 0 Å². The molecular formula is C25H27Cl2N. The van der Waals surface area contributed by atoms with E-state index in [1.807, 2.05) is 18.2 Å². The Hall–Kier alpha value is -1.54. The zero-order chi connectivity index (χ0) is 19.8. The summed E-state index contributed by atoms with van der Waals surface area (Å²) in [4.78, 5) is 2.58. The number of hydrogen-bond donors (Lipinski definition) is 0. The first-order valence-corrected chi connectivity index (χ1v) is 10.8. The number of aryl methyl sites for hydroxylation is 1. The summed E-state index contributed by atoms with van der Waals surface area (Å²) in [6, 6.07) is 15.6. The minimum Gasteiger partial charge on any atom is -0.296 e. The molecule has 2 unspecified atom stereocenters. The summed E-state index contributed by atoms with van der Waals surface area (Å²) in [5.74, 6) is 0. The van der Waals surface area contributed by atoms with Crippen LogP contribution in [0.25, 0.3) is 11.1 Å². The minimum atomic E-state index is 0.509. The molecular weight excluding hydrogens is 385 g/mol. The lowest BCUT2D eigenvalue weighted by Crippen LogP contribution is -2.37. The fourth-order valence-corrected chi connectivity index (χ4v) is 5.09. The number of likely N-dealkylation sites (N-methyl/N-ethyl adjacent to an activating group) is 1. The van der Waals surface area contributed by atoms with Crippen LogP contribution in [0, 0.1) is 6.92 Å². The Morgan fingerprint density at radius 3 is 2.54 bits per heavy atom. The van der Waals surface area contributed by atoms with Gasteiger partial charge in [0, 0.05) is 22.1 Å². The highest BCUT2D eigenvalue weighted by Gasteiger charge is 2.39. The monoisotopic (exact) mass is 411 g/mol. The van der Waals surface area contributed by atoms with E-state index < -0.39 is 0 Å². The van der Waals surface area contributed by atoms with Gasteiger partial charge in [0.1, 0.15) is 0 Å². The van der Waals surface area contributed by atoms with Gasteiger partial charge in [-0.2, -0.15) is 0 Å². The van der Waals surface area contributed by atoms with E-state index in [2.05, 4.69) is 56.1 Å². The molecule has 2 bridgehead atoms. The lowest BCUT2D eigenvalue weighted by molar-refractivity contribution is 0.261. The Kier molecular flexibility index (Phi) is 5.69. The van der Waals surface area contributed by atoms with E-state index in [0.717, 1.165) is 22.9 Å². The van der Waals surface area contributed by atoms with Crippen molar-refractivity contribution in [1.29, 1.82) is 0 Å². The highest BCUT2D eigenvalue weighted by atomic mass is 35.5. The van der Waals surface area contributed by atoms with E-state index in [4.69, 9.17) is 23.2 Å². The lowest BCUT2D eigenvalue weighted by Gasteiger charge is -2.36. The minimum absolute atomic E-state index is 0.509. The fourth-order valence-electron chi connectivity index (χ4n) is 4.79. The van der Waals surface area contributed by atoms with Crippen LogP contribution in [0.5, 0.6) is 0 Å². The first-order valence-electron chi connectivity index (χ1n) is 10.1. The highest BCUT2D eigenvalue weighted by Crippen LogP contribution is 2.45. The predicted octanol–water partition coefficient (Wildman–Crippen LogP) is 7.42. The molecule has 2 aromatic carbocycles. The maximum absolute atomic E-state index is 6.38. The van der Waals surface area contributed by atoms with Gasteiger partial charge in [-0.25, -0.2) is 0 Å². The Morgan fingerprint density at radius 1 is 1.07 bits per heavy atom. The van der Waals surface area contributed by atoms with Gasteiger partial charge in [0.25, 0.3) is 0 Å². The average Bonchev–Trinajstić information content (AvgIpc) is 2.92. The van der Waals surface area contributed by atoms with Crippen molar-refractivity contribution in [2.45, 2.75) is 51.6 Å². The molecule has 4 rings (SSSR count). The molecule has 146 valence electrons. The van der Waals surface area contributed by atoms with E-state index in [1.54, 1.807) is 5.57 Å². The summed E-state index contributed by atoms with van der Waals surface area (Å²) < 4.78 is 0. The molecule has 0 amide bonds. The Morgan fingerprint density at radius 2 is 1.79 bits per heavy atom. The molecule has 0 radical (unpaired) electrons. The number of nitrogens with zero attached hydrogens (tertiary/aromatic N) is 1. The summed E-state index contributed by atoms with van der Waals surface area (Å²) in [6.07, 6.45) is 7.05. The maximum Gasteiger partial charge on any atom is 0.0412 e. The van der Waals surface area contributed by atoms with Gasteiger partial charge in [-0.3, -0.25) is 4.90 Å². The molecule has 2 aliphatic heterocycles. The molecule has 0 aromatic heterocycles. The van der Waals surface area contributed by atoms with E-state index in [1.165, 1.54) is 40.7 Å². The summed E-state index contributed by atoms with van der Waals surface area (Å²) >= 11 is 12.4. The van der Waals surface area contributed by atoms with Gasteiger partial charge in [0.2, 0.25) is 0 Å². The second-order valence-corrected chi connectivity index (χ2v) is 9.06. The molecule has 2 heterocycles. The van der Waals surface area contributed by atoms with Gasteiger partial charge in [0.15, 0.2) is 0 Å². The molecule has 28 heavy (non-hydrogen) atoms. The number of hydrogen-bond acceptors (Lipinski definition) is 1. The molecule has 1 fully saturated rings. The second kappa shape index (κ2) is 8.06. The van der Waals surface area contributed by atoms with Gasteiger partial charge in [-0.15, -0.1) is 0 Å². The van der Waals surface area contributed by atoms with Crippen molar-refractivity contribution >= 4 is 34.3 Å². The largest absolute Gasteiger partial charge is 0.296 e. The van der Waals surface area contributed by atoms with Gasteiger partial charge in [0.05, 0.1) is 0 Å². The van der Waals surface area contributed by atoms with Crippen LogP contribution in [0.3, 0.4) is 0 Å². The summed E-state index contributed by atoms with van der Waals surface area (Å²) in [6.45, 7) is 4.39. The first-order chi connectivity index (χ1) is 13.4. The van der Waals surface area contributed by atoms with Crippen LogP contribution >= 0.6 is 23.2 Å². The smallest absolute Gasteiger partial charge is 0.0412 e. The molecule has 1 saturated heterocycles. The van der Waals surface area contributed by atoms with Crippen LogP contribution in [-0.2, 0) is 0 Å². The fraction of sp³-hybridized carbons (Fsp3) is 0.360. The Balaban J connectivity index is 1.72. The summed E-state index contributed by atoms with van der Waals surface area (Å²) in [5, 5.41) is 1.60. The predicted molar refractivity (Wildman–Crippen MR) is 122 cm³/mol. The first kappa shape index (κ1) is 19.8. The van der Waals surface area contributed by atoms with Crippen molar-refractivity contribution in [3.8, 4) is 0 Å². The van der Waals surface area contributed by atoms with E-state index >= 15 is 0 Å². The van der Waals surface area contributed by atoms with Crippen molar-refractivity contribution in [2.24, 2.45) is 0 Å². The SMILES string of the molecule is C/C(=C\CC1=C(c2cc(Cl)ccc2C)C2CCC(C1)N2C)c1ccc(Cl)cc1. The second-order valence-electron chi connectivity index (χ2n) is 8.19. The normalized spacial score (nSPS) is 22.8. The topological polar surface area (TPSA) is 3.24 Å². The maximum atomic E-state index is 6.38. The zero-order valence-electron chi connectivity index (χ0n) is 16.8. The Labute approximate surface area is 178 Å². The molecule has 2 atom stereocenters. The standard InChI is InChI=1S/C25H27Cl2N/c1-16(18-7-10-20(26)11-8-18)4-6-19-14-22-12-13-24(28(22)3)25(19)23-15-21(27)9-5-17(23)2/h4-5,7-11,15,22,24H,6,12-14H2,1-3H3/b16-4+. The third-order valence-corrected chi connectivity index (χ3v) is 6.97. The molecule has 0 saturated carbocycles. The molecule has 3 heteroatoms. The Bertz CT molecular complexity index is 940. The third-order valence-electron chi connectivity index (χ3n) is 6.48. The van der Waals surface area contributed by atoms with Gasteiger partial charge >= 0.3 is 0 Å². The molecule has 1 nitrogen and oxygen atoms in total.